The standard InChI is InChI=1S/C21H25N3O2.2ClH/c25-21-22-15-19(26-21)16-23-11-13-24(14-12-23)20(17-7-3-1-4-8-17)18-9-5-2-6-10-18;;/h1-10,19-20H,11-16H2,(H,22,25);2*1H. The molecule has 0 saturated carbocycles. The number of hydrogen-bond donors (Lipinski definition) is 1. The van der Waals surface area contributed by atoms with E-state index in [2.05, 4.69) is 75.8 Å². The van der Waals surface area contributed by atoms with Crippen LogP contribution in [0.3, 0.4) is 0 Å². The summed E-state index contributed by atoms with van der Waals surface area (Å²) in [4.78, 5) is 16.1. The van der Waals surface area contributed by atoms with Gasteiger partial charge < -0.3 is 10.1 Å². The molecule has 2 aliphatic heterocycles. The Labute approximate surface area is 178 Å². The SMILES string of the molecule is Cl.Cl.O=C1NCC(CN2CCN(C(c3ccccc3)c3ccccc3)CC2)O1. The van der Waals surface area contributed by atoms with Crippen LogP contribution in [0, 0.1) is 0 Å². The minimum Gasteiger partial charge on any atom is -0.443 e. The molecule has 2 heterocycles. The van der Waals surface area contributed by atoms with Crippen molar-refractivity contribution < 1.29 is 9.53 Å². The molecular weight excluding hydrogens is 397 g/mol. The molecule has 0 radical (unpaired) electrons. The van der Waals surface area contributed by atoms with Gasteiger partial charge in [0.05, 0.1) is 12.6 Å². The van der Waals surface area contributed by atoms with Gasteiger partial charge >= 0.3 is 6.09 Å². The highest BCUT2D eigenvalue weighted by atomic mass is 35.5. The number of benzene rings is 2. The molecule has 5 nitrogen and oxygen atoms in total. The highest BCUT2D eigenvalue weighted by molar-refractivity contribution is 5.85. The first kappa shape index (κ1) is 22.5. The van der Waals surface area contributed by atoms with Crippen LogP contribution in [0.5, 0.6) is 0 Å². The van der Waals surface area contributed by atoms with E-state index in [9.17, 15) is 4.79 Å². The van der Waals surface area contributed by atoms with Crippen molar-refractivity contribution in [2.75, 3.05) is 39.3 Å². The van der Waals surface area contributed by atoms with Crippen LogP contribution >= 0.6 is 24.8 Å². The predicted octanol–water partition coefficient (Wildman–Crippen LogP) is 3.35. The predicted molar refractivity (Wildman–Crippen MR) is 116 cm³/mol. The van der Waals surface area contributed by atoms with Crippen LogP contribution in [0.2, 0.25) is 0 Å². The zero-order valence-corrected chi connectivity index (χ0v) is 17.3. The Morgan fingerprint density at radius 1 is 0.893 bits per heavy atom. The largest absolute Gasteiger partial charge is 0.443 e. The smallest absolute Gasteiger partial charge is 0.407 e. The lowest BCUT2D eigenvalue weighted by molar-refractivity contribution is 0.0672. The van der Waals surface area contributed by atoms with Crippen molar-refractivity contribution in [2.45, 2.75) is 12.1 Å². The minimum atomic E-state index is -0.290. The quantitative estimate of drug-likeness (QED) is 0.800. The first-order valence-electron chi connectivity index (χ1n) is 9.30. The number of nitrogens with zero attached hydrogens (tertiary/aromatic N) is 2. The third-order valence-electron chi connectivity index (χ3n) is 5.21. The molecule has 152 valence electrons. The number of ether oxygens (including phenoxy) is 1. The normalized spacial score (nSPS) is 20.0. The zero-order chi connectivity index (χ0) is 17.8. The van der Waals surface area contributed by atoms with Gasteiger partial charge in [0, 0.05) is 32.7 Å². The molecule has 2 aliphatic rings. The van der Waals surface area contributed by atoms with Crippen molar-refractivity contribution in [3.8, 4) is 0 Å². The monoisotopic (exact) mass is 423 g/mol. The fraction of sp³-hybridized carbons (Fsp3) is 0.381. The Balaban J connectivity index is 0.00000140. The number of halogens is 2. The molecule has 0 bridgehead atoms. The molecule has 0 aromatic heterocycles. The van der Waals surface area contributed by atoms with Crippen molar-refractivity contribution in [1.82, 2.24) is 15.1 Å². The number of alkyl carbamates (subject to hydrolysis) is 1. The highest BCUT2D eigenvalue weighted by Crippen LogP contribution is 2.29. The number of rotatable bonds is 5. The lowest BCUT2D eigenvalue weighted by Gasteiger charge is -2.40. The lowest BCUT2D eigenvalue weighted by Crippen LogP contribution is -2.50. The van der Waals surface area contributed by atoms with E-state index >= 15 is 0 Å². The second-order valence-corrected chi connectivity index (χ2v) is 6.97. The van der Waals surface area contributed by atoms with Crippen molar-refractivity contribution in [2.24, 2.45) is 0 Å². The number of hydrogen-bond acceptors (Lipinski definition) is 4. The van der Waals surface area contributed by atoms with Crippen LogP contribution in [-0.2, 0) is 4.74 Å². The number of piperazine rings is 1. The topological polar surface area (TPSA) is 44.8 Å². The van der Waals surface area contributed by atoms with E-state index in [0.717, 1.165) is 32.7 Å². The molecule has 0 spiro atoms. The van der Waals surface area contributed by atoms with Gasteiger partial charge in [0.25, 0.3) is 0 Å². The third-order valence-corrected chi connectivity index (χ3v) is 5.21. The van der Waals surface area contributed by atoms with Gasteiger partial charge in [-0.3, -0.25) is 9.80 Å². The fourth-order valence-corrected chi connectivity index (χ4v) is 3.91. The molecule has 1 amide bonds. The summed E-state index contributed by atoms with van der Waals surface area (Å²) in [6.07, 6.45) is -0.310. The highest BCUT2D eigenvalue weighted by Gasteiger charge is 2.29. The van der Waals surface area contributed by atoms with E-state index in [-0.39, 0.29) is 43.1 Å². The van der Waals surface area contributed by atoms with E-state index in [1.807, 2.05) is 0 Å². The summed E-state index contributed by atoms with van der Waals surface area (Å²) in [7, 11) is 0. The van der Waals surface area contributed by atoms with E-state index in [4.69, 9.17) is 4.74 Å². The Morgan fingerprint density at radius 3 is 1.89 bits per heavy atom. The molecule has 1 N–H and O–H groups in total. The lowest BCUT2D eigenvalue weighted by atomic mass is 9.96. The number of amides is 1. The summed E-state index contributed by atoms with van der Waals surface area (Å²) in [5.41, 5.74) is 2.67. The molecular formula is C21H27Cl2N3O2. The van der Waals surface area contributed by atoms with Gasteiger partial charge in [0.2, 0.25) is 0 Å². The van der Waals surface area contributed by atoms with E-state index < -0.39 is 0 Å². The molecule has 2 aromatic carbocycles. The van der Waals surface area contributed by atoms with Gasteiger partial charge in [-0.15, -0.1) is 24.8 Å². The van der Waals surface area contributed by atoms with Gasteiger partial charge in [-0.2, -0.15) is 0 Å². The molecule has 2 aromatic rings. The van der Waals surface area contributed by atoms with Gasteiger partial charge in [0.1, 0.15) is 6.10 Å². The minimum absolute atomic E-state index is 0. The maximum Gasteiger partial charge on any atom is 0.407 e. The second-order valence-electron chi connectivity index (χ2n) is 6.97. The van der Waals surface area contributed by atoms with Crippen molar-refractivity contribution >= 4 is 30.9 Å². The summed E-state index contributed by atoms with van der Waals surface area (Å²) < 4.78 is 5.27. The Bertz CT molecular complexity index is 685. The Kier molecular flexibility index (Phi) is 8.58. The Morgan fingerprint density at radius 2 is 1.43 bits per heavy atom. The van der Waals surface area contributed by atoms with Gasteiger partial charge in [-0.1, -0.05) is 60.7 Å². The first-order valence-corrected chi connectivity index (χ1v) is 9.30. The Hall–Kier alpha value is -1.79. The average Bonchev–Trinajstić information content (AvgIpc) is 3.10. The van der Waals surface area contributed by atoms with Crippen LogP contribution in [0.15, 0.2) is 60.7 Å². The molecule has 4 rings (SSSR count). The molecule has 7 heteroatoms. The van der Waals surface area contributed by atoms with Gasteiger partial charge in [-0.05, 0) is 11.1 Å². The van der Waals surface area contributed by atoms with Crippen LogP contribution in [0.4, 0.5) is 4.79 Å². The van der Waals surface area contributed by atoms with Crippen molar-refractivity contribution in [3.63, 3.8) is 0 Å². The van der Waals surface area contributed by atoms with Crippen LogP contribution in [-0.4, -0.2) is 61.3 Å². The third kappa shape index (κ3) is 5.39. The number of nitrogens with one attached hydrogen (secondary N) is 1. The number of cyclic esters (lactones) is 1. The molecule has 2 fully saturated rings. The maximum absolute atomic E-state index is 11.2. The fourth-order valence-electron chi connectivity index (χ4n) is 3.91. The average molecular weight is 424 g/mol. The second kappa shape index (κ2) is 10.7. The van der Waals surface area contributed by atoms with E-state index in [1.165, 1.54) is 11.1 Å². The molecule has 1 atom stereocenters. The maximum atomic E-state index is 11.2. The van der Waals surface area contributed by atoms with Gasteiger partial charge in [0.15, 0.2) is 0 Å². The number of carbonyl (C=O) groups excluding carboxylic acids is 1. The summed E-state index contributed by atoms with van der Waals surface area (Å²) in [6.45, 7) is 5.42. The molecule has 0 aliphatic carbocycles. The van der Waals surface area contributed by atoms with Gasteiger partial charge in [-0.25, -0.2) is 4.79 Å². The first-order chi connectivity index (χ1) is 12.8. The molecule has 1 unspecified atom stereocenters. The van der Waals surface area contributed by atoms with Crippen LogP contribution in [0.1, 0.15) is 17.2 Å². The van der Waals surface area contributed by atoms with Crippen molar-refractivity contribution in [1.29, 1.82) is 0 Å². The summed E-state index contributed by atoms with van der Waals surface area (Å²) in [6, 6.07) is 21.7. The van der Waals surface area contributed by atoms with E-state index in [0.29, 0.717) is 6.54 Å². The summed E-state index contributed by atoms with van der Waals surface area (Å²) in [5.74, 6) is 0. The molecule has 2 saturated heterocycles. The summed E-state index contributed by atoms with van der Waals surface area (Å²) >= 11 is 0. The zero-order valence-electron chi connectivity index (χ0n) is 15.7. The number of carbonyl (C=O) groups is 1. The summed E-state index contributed by atoms with van der Waals surface area (Å²) in [5, 5.41) is 2.73. The van der Waals surface area contributed by atoms with Crippen LogP contribution in [0.25, 0.3) is 0 Å². The van der Waals surface area contributed by atoms with Crippen molar-refractivity contribution in [3.05, 3.63) is 71.8 Å². The molecule has 28 heavy (non-hydrogen) atoms. The van der Waals surface area contributed by atoms with Crippen LogP contribution < -0.4 is 5.32 Å². The van der Waals surface area contributed by atoms with E-state index in [1.54, 1.807) is 0 Å².